The van der Waals surface area contributed by atoms with Crippen LogP contribution in [0.25, 0.3) is 0 Å². The van der Waals surface area contributed by atoms with Crippen molar-refractivity contribution in [3.8, 4) is 0 Å². The summed E-state index contributed by atoms with van der Waals surface area (Å²) in [5.41, 5.74) is 10.8. The van der Waals surface area contributed by atoms with E-state index in [-0.39, 0.29) is 25.8 Å². The molecule has 0 bridgehead atoms. The number of nitrogens with one attached hydrogen (secondary N) is 2. The lowest BCUT2D eigenvalue weighted by Crippen LogP contribution is -2.57. The van der Waals surface area contributed by atoms with E-state index in [4.69, 9.17) is 26.8 Å². The Balaban J connectivity index is 2.91. The highest BCUT2D eigenvalue weighted by Crippen LogP contribution is 2.19. The second-order valence-electron chi connectivity index (χ2n) is 7.46. The largest absolute Gasteiger partial charge is 0.481 e. The van der Waals surface area contributed by atoms with E-state index >= 15 is 0 Å². The summed E-state index contributed by atoms with van der Waals surface area (Å²) in [7, 11) is 0. The van der Waals surface area contributed by atoms with Crippen molar-refractivity contribution in [1.29, 1.82) is 0 Å². The van der Waals surface area contributed by atoms with Crippen LogP contribution in [0.1, 0.15) is 38.5 Å². The van der Waals surface area contributed by atoms with Gasteiger partial charge >= 0.3 is 17.9 Å². The lowest BCUT2D eigenvalue weighted by molar-refractivity contribution is -0.148. The van der Waals surface area contributed by atoms with Gasteiger partial charge in [0.2, 0.25) is 23.6 Å². The number of carbonyl (C=O) groups excluding carboxylic acids is 4. The van der Waals surface area contributed by atoms with Crippen LogP contribution in [0.5, 0.6) is 0 Å². The number of carboxylic acids is 3. The number of carbonyl (C=O) groups is 7. The number of nitrogens with two attached hydrogens (primary N) is 2. The van der Waals surface area contributed by atoms with Gasteiger partial charge in [-0.1, -0.05) is 0 Å². The monoisotopic (exact) mass is 473 g/mol. The second kappa shape index (κ2) is 12.3. The Labute approximate surface area is 187 Å². The van der Waals surface area contributed by atoms with Crippen LogP contribution in [0, 0.1) is 0 Å². The topological polar surface area (TPSA) is 260 Å². The highest BCUT2D eigenvalue weighted by atomic mass is 16.4. The lowest BCUT2D eigenvalue weighted by Gasteiger charge is -2.28. The van der Waals surface area contributed by atoms with Crippen LogP contribution >= 0.6 is 0 Å². The molecule has 1 heterocycles. The zero-order chi connectivity index (χ0) is 25.3. The Kier molecular flexibility index (Phi) is 10.2. The third-order valence-electron chi connectivity index (χ3n) is 4.86. The molecule has 1 saturated heterocycles. The first-order chi connectivity index (χ1) is 15.3. The van der Waals surface area contributed by atoms with Crippen molar-refractivity contribution in [3.05, 3.63) is 0 Å². The maximum absolute atomic E-state index is 12.7. The zero-order valence-corrected chi connectivity index (χ0v) is 17.6. The molecule has 0 aromatic rings. The summed E-state index contributed by atoms with van der Waals surface area (Å²) >= 11 is 0. The number of nitrogens with zero attached hydrogens (tertiary/aromatic N) is 1. The molecule has 0 aromatic carbocycles. The Morgan fingerprint density at radius 1 is 0.939 bits per heavy atom. The quantitative estimate of drug-likeness (QED) is 0.138. The molecule has 15 heteroatoms. The molecule has 1 rings (SSSR count). The first-order valence-electron chi connectivity index (χ1n) is 9.95. The van der Waals surface area contributed by atoms with Crippen LogP contribution in [0.4, 0.5) is 0 Å². The molecule has 1 fully saturated rings. The predicted molar refractivity (Wildman–Crippen MR) is 107 cm³/mol. The van der Waals surface area contributed by atoms with Gasteiger partial charge in [-0.15, -0.1) is 0 Å². The fourth-order valence-corrected chi connectivity index (χ4v) is 3.24. The van der Waals surface area contributed by atoms with Crippen LogP contribution in [0.3, 0.4) is 0 Å². The number of amides is 4. The van der Waals surface area contributed by atoms with Crippen molar-refractivity contribution in [1.82, 2.24) is 15.5 Å². The summed E-state index contributed by atoms with van der Waals surface area (Å²) in [6.07, 6.45) is -1.46. The molecule has 0 aliphatic carbocycles. The summed E-state index contributed by atoms with van der Waals surface area (Å²) in [5.74, 6) is -8.03. The summed E-state index contributed by atoms with van der Waals surface area (Å²) in [6.45, 7) is 0.163. The zero-order valence-electron chi connectivity index (χ0n) is 17.6. The van der Waals surface area contributed by atoms with Gasteiger partial charge in [-0.2, -0.15) is 0 Å². The molecular weight excluding hydrogens is 446 g/mol. The van der Waals surface area contributed by atoms with E-state index < -0.39 is 78.5 Å². The minimum absolute atomic E-state index is 0.0385. The van der Waals surface area contributed by atoms with Crippen LogP contribution in [0.15, 0.2) is 0 Å². The van der Waals surface area contributed by atoms with Crippen molar-refractivity contribution in [3.63, 3.8) is 0 Å². The van der Waals surface area contributed by atoms with E-state index in [1.54, 1.807) is 0 Å². The third-order valence-corrected chi connectivity index (χ3v) is 4.86. The number of likely N-dealkylation sites (tertiary alicyclic amines) is 1. The molecule has 33 heavy (non-hydrogen) atoms. The van der Waals surface area contributed by atoms with E-state index in [9.17, 15) is 33.6 Å². The van der Waals surface area contributed by atoms with Gasteiger partial charge in [-0.25, -0.2) is 4.79 Å². The Morgan fingerprint density at radius 3 is 2.03 bits per heavy atom. The number of primary amides is 1. The maximum Gasteiger partial charge on any atom is 0.326 e. The average Bonchev–Trinajstić information content (AvgIpc) is 3.19. The number of rotatable bonds is 13. The van der Waals surface area contributed by atoms with Gasteiger partial charge in [0.25, 0.3) is 0 Å². The molecule has 1 aliphatic heterocycles. The molecule has 4 atom stereocenters. The van der Waals surface area contributed by atoms with E-state index in [1.807, 2.05) is 5.32 Å². The normalized spacial score (nSPS) is 18.0. The Bertz CT molecular complexity index is 816. The molecule has 0 radical (unpaired) electrons. The van der Waals surface area contributed by atoms with Crippen LogP contribution in [-0.4, -0.2) is 92.5 Å². The number of carboxylic acid groups (broad SMARTS) is 3. The lowest BCUT2D eigenvalue weighted by atomic mass is 10.1. The first kappa shape index (κ1) is 27.3. The van der Waals surface area contributed by atoms with Crippen molar-refractivity contribution >= 4 is 41.5 Å². The van der Waals surface area contributed by atoms with Gasteiger partial charge in [-0.3, -0.25) is 28.8 Å². The Hall–Kier alpha value is -3.75. The molecule has 15 nitrogen and oxygen atoms in total. The summed E-state index contributed by atoms with van der Waals surface area (Å²) < 4.78 is 0. The van der Waals surface area contributed by atoms with Crippen molar-refractivity contribution < 1.29 is 48.9 Å². The third kappa shape index (κ3) is 8.72. The average molecular weight is 473 g/mol. The van der Waals surface area contributed by atoms with Gasteiger partial charge in [0, 0.05) is 13.0 Å². The van der Waals surface area contributed by atoms with E-state index in [2.05, 4.69) is 5.32 Å². The molecule has 0 spiro atoms. The van der Waals surface area contributed by atoms with Crippen molar-refractivity contribution in [2.75, 3.05) is 6.54 Å². The standard InChI is InChI=1S/C18H27N5O10/c19-8(3-4-12(20)24)17(31)23-5-1-2-11(23)16(30)21-9(6-13(25)26)15(29)22-10(18(32)33)7-14(27)28/h8-11H,1-7,19H2,(H2,20,24)(H,21,30)(H,22,29)(H,25,26)(H,27,28)(H,32,33). The Morgan fingerprint density at radius 2 is 1.52 bits per heavy atom. The molecular formula is C18H27N5O10. The SMILES string of the molecule is NC(=O)CCC(N)C(=O)N1CCCC1C(=O)NC(CC(=O)O)C(=O)NC(CC(=O)O)C(=O)O. The van der Waals surface area contributed by atoms with E-state index in [0.29, 0.717) is 6.42 Å². The fraction of sp³-hybridized carbons (Fsp3) is 0.611. The molecule has 184 valence electrons. The van der Waals surface area contributed by atoms with Crippen LogP contribution in [0.2, 0.25) is 0 Å². The number of hydrogen-bond acceptors (Lipinski definition) is 8. The van der Waals surface area contributed by atoms with E-state index in [0.717, 1.165) is 4.90 Å². The van der Waals surface area contributed by atoms with Gasteiger partial charge in [0.1, 0.15) is 18.1 Å². The summed E-state index contributed by atoms with van der Waals surface area (Å²) in [5, 5.41) is 30.9. The maximum atomic E-state index is 12.7. The predicted octanol–water partition coefficient (Wildman–Crippen LogP) is -3.43. The molecule has 0 aromatic heterocycles. The van der Waals surface area contributed by atoms with Crippen molar-refractivity contribution in [2.24, 2.45) is 11.5 Å². The minimum atomic E-state index is -1.85. The molecule has 1 aliphatic rings. The van der Waals surface area contributed by atoms with Gasteiger partial charge in [-0.05, 0) is 19.3 Å². The van der Waals surface area contributed by atoms with E-state index in [1.165, 1.54) is 0 Å². The smallest absolute Gasteiger partial charge is 0.326 e. The molecule has 4 amide bonds. The highest BCUT2D eigenvalue weighted by molar-refractivity contribution is 5.96. The van der Waals surface area contributed by atoms with Crippen LogP contribution in [-0.2, 0) is 33.6 Å². The molecule has 4 unspecified atom stereocenters. The number of hydrogen-bond donors (Lipinski definition) is 7. The fourth-order valence-electron chi connectivity index (χ4n) is 3.24. The minimum Gasteiger partial charge on any atom is -0.481 e. The molecule has 9 N–H and O–H groups in total. The van der Waals surface area contributed by atoms with Gasteiger partial charge < -0.3 is 42.3 Å². The summed E-state index contributed by atoms with van der Waals surface area (Å²) in [6, 6.07) is -5.75. The number of aliphatic carboxylic acids is 3. The van der Waals surface area contributed by atoms with Gasteiger partial charge in [0.05, 0.1) is 18.9 Å². The first-order valence-corrected chi connectivity index (χ1v) is 9.95. The van der Waals surface area contributed by atoms with Crippen molar-refractivity contribution in [2.45, 2.75) is 62.7 Å². The van der Waals surface area contributed by atoms with Crippen LogP contribution < -0.4 is 22.1 Å². The second-order valence-corrected chi connectivity index (χ2v) is 7.46. The molecule has 0 saturated carbocycles. The highest BCUT2D eigenvalue weighted by Gasteiger charge is 2.38. The summed E-state index contributed by atoms with van der Waals surface area (Å²) in [4.78, 5) is 82.8. The van der Waals surface area contributed by atoms with Gasteiger partial charge in [0.15, 0.2) is 0 Å².